The topological polar surface area (TPSA) is 82.0 Å². The van der Waals surface area contributed by atoms with Gasteiger partial charge in [0.15, 0.2) is 0 Å². The Hall–Kier alpha value is -1.47. The highest BCUT2D eigenvalue weighted by Crippen LogP contribution is 2.12. The van der Waals surface area contributed by atoms with Gasteiger partial charge >= 0.3 is 0 Å². The zero-order chi connectivity index (χ0) is 15.8. The molecule has 1 aromatic rings. The molecule has 1 fully saturated rings. The van der Waals surface area contributed by atoms with Gasteiger partial charge in [0.1, 0.15) is 0 Å². The van der Waals surface area contributed by atoms with E-state index >= 15 is 0 Å². The number of benzene rings is 1. The average molecular weight is 308 g/mol. The summed E-state index contributed by atoms with van der Waals surface area (Å²) in [6, 6.07) is 8.80. The van der Waals surface area contributed by atoms with Crippen molar-refractivity contribution in [2.75, 3.05) is 39.5 Å². The zero-order valence-corrected chi connectivity index (χ0v) is 12.6. The van der Waals surface area contributed by atoms with Crippen LogP contribution < -0.4 is 5.32 Å². The Labute approximate surface area is 130 Å². The smallest absolute Gasteiger partial charge is 0.251 e. The van der Waals surface area contributed by atoms with Crippen LogP contribution >= 0.6 is 0 Å². The Bertz CT molecular complexity index is 455. The SMILES string of the molecule is O=C(N[C@@H]1CCN(CCOCCO)C[C@H]1O)c1ccccc1. The quantitative estimate of drug-likeness (QED) is 0.611. The number of hydrogen-bond donors (Lipinski definition) is 3. The van der Waals surface area contributed by atoms with Gasteiger partial charge in [0.05, 0.1) is 32.0 Å². The number of ether oxygens (including phenoxy) is 1. The average Bonchev–Trinajstić information content (AvgIpc) is 2.55. The minimum atomic E-state index is -0.584. The van der Waals surface area contributed by atoms with E-state index in [-0.39, 0.29) is 18.6 Å². The van der Waals surface area contributed by atoms with Crippen LogP contribution in [0.15, 0.2) is 30.3 Å². The Morgan fingerprint density at radius 1 is 1.32 bits per heavy atom. The molecule has 3 N–H and O–H groups in total. The van der Waals surface area contributed by atoms with Crippen LogP contribution in [0.25, 0.3) is 0 Å². The van der Waals surface area contributed by atoms with Crippen molar-refractivity contribution in [1.29, 1.82) is 0 Å². The molecule has 1 heterocycles. The highest BCUT2D eigenvalue weighted by Gasteiger charge is 2.28. The highest BCUT2D eigenvalue weighted by molar-refractivity contribution is 5.94. The summed E-state index contributed by atoms with van der Waals surface area (Å²) in [5, 5.41) is 21.7. The molecule has 0 aromatic heterocycles. The van der Waals surface area contributed by atoms with Crippen molar-refractivity contribution >= 4 is 5.91 Å². The molecule has 0 saturated carbocycles. The lowest BCUT2D eigenvalue weighted by Gasteiger charge is -2.36. The normalized spacial score (nSPS) is 22.5. The summed E-state index contributed by atoms with van der Waals surface area (Å²) >= 11 is 0. The van der Waals surface area contributed by atoms with Crippen LogP contribution in [0.1, 0.15) is 16.8 Å². The molecule has 22 heavy (non-hydrogen) atoms. The minimum Gasteiger partial charge on any atom is -0.394 e. The summed E-state index contributed by atoms with van der Waals surface area (Å²) in [5.41, 5.74) is 0.606. The first-order valence-electron chi connectivity index (χ1n) is 7.65. The molecule has 2 rings (SSSR count). The molecule has 6 heteroatoms. The van der Waals surface area contributed by atoms with Crippen molar-refractivity contribution in [3.05, 3.63) is 35.9 Å². The van der Waals surface area contributed by atoms with Gasteiger partial charge in [-0.05, 0) is 18.6 Å². The number of nitrogens with one attached hydrogen (secondary N) is 1. The molecule has 6 nitrogen and oxygen atoms in total. The maximum Gasteiger partial charge on any atom is 0.251 e. The van der Waals surface area contributed by atoms with E-state index in [1.807, 2.05) is 18.2 Å². The predicted molar refractivity (Wildman–Crippen MR) is 82.7 cm³/mol. The van der Waals surface area contributed by atoms with Crippen molar-refractivity contribution in [3.63, 3.8) is 0 Å². The van der Waals surface area contributed by atoms with Gasteiger partial charge in [-0.2, -0.15) is 0 Å². The van der Waals surface area contributed by atoms with Crippen molar-refractivity contribution in [3.8, 4) is 0 Å². The molecule has 0 radical (unpaired) electrons. The standard InChI is InChI=1S/C16H24N2O4/c19-9-11-22-10-8-18-7-6-14(15(20)12-18)17-16(21)13-4-2-1-3-5-13/h1-5,14-15,19-20H,6-12H2,(H,17,21)/t14-,15-/m1/s1. The van der Waals surface area contributed by atoms with Crippen molar-refractivity contribution in [1.82, 2.24) is 10.2 Å². The van der Waals surface area contributed by atoms with Gasteiger partial charge in [-0.15, -0.1) is 0 Å². The largest absolute Gasteiger partial charge is 0.394 e. The van der Waals surface area contributed by atoms with Gasteiger partial charge < -0.3 is 20.3 Å². The number of rotatable bonds is 7. The summed E-state index contributed by atoms with van der Waals surface area (Å²) in [4.78, 5) is 14.2. The van der Waals surface area contributed by atoms with Crippen LogP contribution in [0, 0.1) is 0 Å². The number of β-amino-alcohol motifs (C(OH)–C–C–N with tert-alkyl or cyclic N) is 1. The Morgan fingerprint density at radius 2 is 2.09 bits per heavy atom. The number of aliphatic hydroxyl groups is 2. The van der Waals surface area contributed by atoms with E-state index < -0.39 is 6.10 Å². The molecule has 2 atom stereocenters. The Kier molecular flexibility index (Phi) is 6.79. The number of carbonyl (C=O) groups is 1. The lowest BCUT2D eigenvalue weighted by atomic mass is 10.0. The van der Waals surface area contributed by atoms with E-state index in [0.29, 0.717) is 31.7 Å². The van der Waals surface area contributed by atoms with E-state index in [4.69, 9.17) is 9.84 Å². The van der Waals surface area contributed by atoms with Crippen LogP contribution in [0.4, 0.5) is 0 Å². The first-order valence-corrected chi connectivity index (χ1v) is 7.65. The molecule has 1 aliphatic heterocycles. The van der Waals surface area contributed by atoms with E-state index in [2.05, 4.69) is 10.2 Å². The molecular formula is C16H24N2O4. The minimum absolute atomic E-state index is 0.0240. The lowest BCUT2D eigenvalue weighted by molar-refractivity contribution is 0.0186. The summed E-state index contributed by atoms with van der Waals surface area (Å²) in [5.74, 6) is -0.149. The third-order valence-corrected chi connectivity index (χ3v) is 3.81. The molecule has 0 aliphatic carbocycles. The monoisotopic (exact) mass is 308 g/mol. The van der Waals surface area contributed by atoms with E-state index in [1.54, 1.807) is 12.1 Å². The van der Waals surface area contributed by atoms with Gasteiger partial charge in [-0.3, -0.25) is 9.69 Å². The van der Waals surface area contributed by atoms with Crippen molar-refractivity contribution < 1.29 is 19.7 Å². The van der Waals surface area contributed by atoms with Gasteiger partial charge in [0.2, 0.25) is 0 Å². The third-order valence-electron chi connectivity index (χ3n) is 3.81. The summed E-state index contributed by atoms with van der Waals surface area (Å²) in [6.45, 7) is 2.94. The first-order chi connectivity index (χ1) is 10.7. The fourth-order valence-electron chi connectivity index (χ4n) is 2.57. The maximum absolute atomic E-state index is 12.1. The second-order valence-corrected chi connectivity index (χ2v) is 5.44. The van der Waals surface area contributed by atoms with Crippen molar-refractivity contribution in [2.45, 2.75) is 18.6 Å². The van der Waals surface area contributed by atoms with Crippen LogP contribution in [0.3, 0.4) is 0 Å². The third kappa shape index (κ3) is 5.06. The van der Waals surface area contributed by atoms with Crippen LogP contribution in [0.5, 0.6) is 0 Å². The summed E-state index contributed by atoms with van der Waals surface area (Å²) in [6.07, 6.45) is 0.124. The number of piperidine rings is 1. The van der Waals surface area contributed by atoms with Gasteiger partial charge in [-0.25, -0.2) is 0 Å². The number of amides is 1. The van der Waals surface area contributed by atoms with Gasteiger partial charge in [-0.1, -0.05) is 18.2 Å². The molecule has 1 saturated heterocycles. The molecule has 1 amide bonds. The molecule has 0 bridgehead atoms. The number of nitrogens with zero attached hydrogens (tertiary/aromatic N) is 1. The Balaban J connectivity index is 1.75. The van der Waals surface area contributed by atoms with Gasteiger partial charge in [0.25, 0.3) is 5.91 Å². The van der Waals surface area contributed by atoms with E-state index in [0.717, 1.165) is 13.1 Å². The number of likely N-dealkylation sites (tertiary alicyclic amines) is 1. The number of hydrogen-bond acceptors (Lipinski definition) is 5. The zero-order valence-electron chi connectivity index (χ0n) is 12.6. The molecular weight excluding hydrogens is 284 g/mol. The number of carbonyl (C=O) groups excluding carboxylic acids is 1. The van der Waals surface area contributed by atoms with Gasteiger partial charge in [0, 0.05) is 25.2 Å². The van der Waals surface area contributed by atoms with Crippen LogP contribution in [0.2, 0.25) is 0 Å². The molecule has 0 spiro atoms. The first kappa shape index (κ1) is 16.9. The second kappa shape index (κ2) is 8.85. The molecule has 1 aliphatic rings. The van der Waals surface area contributed by atoms with E-state index in [1.165, 1.54) is 0 Å². The second-order valence-electron chi connectivity index (χ2n) is 5.44. The number of aliphatic hydroxyl groups excluding tert-OH is 2. The van der Waals surface area contributed by atoms with Crippen molar-refractivity contribution in [2.24, 2.45) is 0 Å². The molecule has 0 unspecified atom stereocenters. The van der Waals surface area contributed by atoms with Crippen LogP contribution in [-0.4, -0.2) is 72.6 Å². The molecule has 122 valence electrons. The molecule has 1 aromatic carbocycles. The summed E-state index contributed by atoms with van der Waals surface area (Å²) in [7, 11) is 0. The summed E-state index contributed by atoms with van der Waals surface area (Å²) < 4.78 is 5.23. The fourth-order valence-corrected chi connectivity index (χ4v) is 2.57. The lowest BCUT2D eigenvalue weighted by Crippen LogP contribution is -2.54. The predicted octanol–water partition coefficient (Wildman–Crippen LogP) is -0.139. The van der Waals surface area contributed by atoms with Crippen LogP contribution in [-0.2, 0) is 4.74 Å². The van der Waals surface area contributed by atoms with E-state index in [9.17, 15) is 9.90 Å². The fraction of sp³-hybridized carbons (Fsp3) is 0.562. The highest BCUT2D eigenvalue weighted by atomic mass is 16.5. The maximum atomic E-state index is 12.1. The Morgan fingerprint density at radius 3 is 2.77 bits per heavy atom.